The number of nitrogens with zero attached hydrogens (tertiary/aromatic N) is 1. The number of carbonyl (C=O) groups excluding carboxylic acids is 1. The van der Waals surface area contributed by atoms with Crippen LogP contribution in [0.5, 0.6) is 0 Å². The summed E-state index contributed by atoms with van der Waals surface area (Å²) in [5.41, 5.74) is 0.820. The molecular formula is C14H15BrN2O5. The normalized spacial score (nSPS) is 18.0. The quantitative estimate of drug-likeness (QED) is 0.800. The molecule has 2 N–H and O–H groups in total. The van der Waals surface area contributed by atoms with Crippen LogP contribution in [-0.4, -0.2) is 33.9 Å². The fourth-order valence-electron chi connectivity index (χ4n) is 1.91. The third kappa shape index (κ3) is 5.03. The van der Waals surface area contributed by atoms with Crippen molar-refractivity contribution in [2.75, 3.05) is 0 Å². The first-order valence-corrected chi connectivity index (χ1v) is 7.42. The number of oxime groups is 1. The molecule has 2 atom stereocenters. The van der Waals surface area contributed by atoms with Crippen LogP contribution in [0.2, 0.25) is 0 Å². The van der Waals surface area contributed by atoms with E-state index in [0.717, 1.165) is 5.56 Å². The van der Waals surface area contributed by atoms with Crippen LogP contribution in [0, 0.1) is 0 Å². The van der Waals surface area contributed by atoms with Crippen molar-refractivity contribution in [3.63, 3.8) is 0 Å². The van der Waals surface area contributed by atoms with Gasteiger partial charge >= 0.3 is 12.1 Å². The van der Waals surface area contributed by atoms with Gasteiger partial charge in [-0.3, -0.25) is 0 Å². The Bertz CT molecular complexity index is 564. The Balaban J connectivity index is 1.80. The Morgan fingerprint density at radius 2 is 2.18 bits per heavy atom. The van der Waals surface area contributed by atoms with Crippen molar-refractivity contribution < 1.29 is 24.3 Å². The predicted molar refractivity (Wildman–Crippen MR) is 81.7 cm³/mol. The van der Waals surface area contributed by atoms with Crippen molar-refractivity contribution in [3.8, 4) is 0 Å². The summed E-state index contributed by atoms with van der Waals surface area (Å²) in [6.45, 7) is 0.0770. The van der Waals surface area contributed by atoms with Gasteiger partial charge in [0.1, 0.15) is 23.4 Å². The van der Waals surface area contributed by atoms with E-state index in [2.05, 4.69) is 26.4 Å². The number of hydrogen-bond acceptors (Lipinski definition) is 5. The summed E-state index contributed by atoms with van der Waals surface area (Å²) in [5, 5.41) is 15.2. The average Bonchev–Trinajstić information content (AvgIpc) is 2.91. The average molecular weight is 371 g/mol. The Morgan fingerprint density at radius 1 is 1.45 bits per heavy atom. The minimum atomic E-state index is -1.15. The molecule has 1 aromatic rings. The van der Waals surface area contributed by atoms with Crippen molar-refractivity contribution in [3.05, 3.63) is 35.9 Å². The van der Waals surface area contributed by atoms with Crippen LogP contribution in [0.1, 0.15) is 18.4 Å². The van der Waals surface area contributed by atoms with E-state index >= 15 is 0 Å². The minimum Gasteiger partial charge on any atom is -0.480 e. The number of carbonyl (C=O) groups is 2. The molecule has 7 nitrogen and oxygen atoms in total. The summed E-state index contributed by atoms with van der Waals surface area (Å²) < 4.78 is 5.62. The van der Waals surface area contributed by atoms with E-state index in [9.17, 15) is 9.59 Å². The lowest BCUT2D eigenvalue weighted by molar-refractivity contribution is -0.140. The molecule has 0 bridgehead atoms. The molecule has 0 spiro atoms. The van der Waals surface area contributed by atoms with Gasteiger partial charge in [0.15, 0.2) is 0 Å². The monoisotopic (exact) mass is 370 g/mol. The Kier molecular flexibility index (Phi) is 5.76. The van der Waals surface area contributed by atoms with Gasteiger partial charge in [-0.25, -0.2) is 9.59 Å². The van der Waals surface area contributed by atoms with Gasteiger partial charge in [-0.05, 0) is 21.5 Å². The fraction of sp³-hybridized carbons (Fsp3) is 0.357. The molecule has 8 heteroatoms. The molecule has 1 amide bonds. The second kappa shape index (κ2) is 7.79. The van der Waals surface area contributed by atoms with Gasteiger partial charge in [0, 0.05) is 12.8 Å². The van der Waals surface area contributed by atoms with Gasteiger partial charge in [0.25, 0.3) is 0 Å². The maximum atomic E-state index is 11.7. The van der Waals surface area contributed by atoms with Gasteiger partial charge in [-0.1, -0.05) is 35.5 Å². The highest BCUT2D eigenvalue weighted by Gasteiger charge is 2.29. The number of carboxylic acid groups (broad SMARTS) is 1. The van der Waals surface area contributed by atoms with Gasteiger partial charge in [0.2, 0.25) is 0 Å². The standard InChI is InChI=1S/C14H15BrN2O5/c15-12-7-10(22-17-12)6-11(13(18)19)16-14(20)21-8-9-4-2-1-3-5-9/h1-5,10-11H,6-8H2,(H,16,20)(H,18,19)/t10-,11+/m1/s1. The lowest BCUT2D eigenvalue weighted by Gasteiger charge is -2.17. The zero-order valence-corrected chi connectivity index (χ0v) is 13.2. The van der Waals surface area contributed by atoms with Crippen LogP contribution < -0.4 is 5.32 Å². The summed E-state index contributed by atoms with van der Waals surface area (Å²) in [4.78, 5) is 27.9. The number of benzene rings is 1. The maximum Gasteiger partial charge on any atom is 0.408 e. The molecular weight excluding hydrogens is 356 g/mol. The summed E-state index contributed by atoms with van der Waals surface area (Å²) in [7, 11) is 0. The Labute approximate surface area is 135 Å². The van der Waals surface area contributed by atoms with Crippen LogP contribution in [0.25, 0.3) is 0 Å². The molecule has 1 aliphatic rings. The Morgan fingerprint density at radius 3 is 2.77 bits per heavy atom. The lowest BCUT2D eigenvalue weighted by atomic mass is 10.1. The summed E-state index contributed by atoms with van der Waals surface area (Å²) in [5.74, 6) is -1.15. The number of halogens is 1. The predicted octanol–water partition coefficient (Wildman–Crippen LogP) is 2.25. The molecule has 0 saturated heterocycles. The van der Waals surface area contributed by atoms with Crippen LogP contribution in [0.4, 0.5) is 4.79 Å². The van der Waals surface area contributed by atoms with E-state index in [1.165, 1.54) is 0 Å². The summed E-state index contributed by atoms with van der Waals surface area (Å²) in [6, 6.07) is 8.03. The third-order valence-electron chi connectivity index (χ3n) is 3.00. The number of ether oxygens (including phenoxy) is 1. The smallest absolute Gasteiger partial charge is 0.408 e. The SMILES string of the molecule is O=C(N[C@@H](C[C@@H]1CC(Br)=NO1)C(=O)O)OCc1ccccc1. The van der Waals surface area contributed by atoms with Gasteiger partial charge in [-0.15, -0.1) is 0 Å². The highest BCUT2D eigenvalue weighted by Crippen LogP contribution is 2.18. The summed E-state index contributed by atoms with van der Waals surface area (Å²) >= 11 is 3.17. The molecule has 2 rings (SSSR count). The molecule has 1 aromatic carbocycles. The van der Waals surface area contributed by atoms with Gasteiger partial charge < -0.3 is 20.0 Å². The number of carboxylic acids is 1. The minimum absolute atomic E-state index is 0.0770. The second-order valence-electron chi connectivity index (χ2n) is 4.73. The third-order valence-corrected chi connectivity index (χ3v) is 3.47. The number of aliphatic carboxylic acids is 1. The number of nitrogens with one attached hydrogen (secondary N) is 1. The molecule has 118 valence electrons. The molecule has 1 aliphatic heterocycles. The van der Waals surface area contributed by atoms with E-state index < -0.39 is 18.1 Å². The van der Waals surface area contributed by atoms with E-state index in [1.54, 1.807) is 0 Å². The molecule has 0 aliphatic carbocycles. The van der Waals surface area contributed by atoms with Crippen LogP contribution >= 0.6 is 15.9 Å². The van der Waals surface area contributed by atoms with E-state index in [0.29, 0.717) is 11.0 Å². The first-order chi connectivity index (χ1) is 10.5. The number of alkyl carbamates (subject to hydrolysis) is 1. The van der Waals surface area contributed by atoms with Crippen molar-refractivity contribution in [2.45, 2.75) is 31.6 Å². The number of hydrogen-bond donors (Lipinski definition) is 2. The van der Waals surface area contributed by atoms with Crippen molar-refractivity contribution in [2.24, 2.45) is 5.16 Å². The zero-order valence-electron chi connectivity index (χ0n) is 11.6. The van der Waals surface area contributed by atoms with Crippen molar-refractivity contribution in [1.82, 2.24) is 5.32 Å². The molecule has 0 unspecified atom stereocenters. The first kappa shape index (κ1) is 16.3. The Hall–Kier alpha value is -2.09. The second-order valence-corrected chi connectivity index (χ2v) is 5.65. The van der Waals surface area contributed by atoms with Crippen LogP contribution in [0.15, 0.2) is 35.5 Å². The molecule has 0 aromatic heterocycles. The fourth-order valence-corrected chi connectivity index (χ4v) is 2.36. The molecule has 22 heavy (non-hydrogen) atoms. The van der Waals surface area contributed by atoms with E-state index in [1.807, 2.05) is 30.3 Å². The molecule has 0 saturated carbocycles. The number of rotatable bonds is 6. The molecule has 0 fully saturated rings. The highest BCUT2D eigenvalue weighted by molar-refractivity contribution is 9.18. The van der Waals surface area contributed by atoms with Crippen LogP contribution in [0.3, 0.4) is 0 Å². The topological polar surface area (TPSA) is 97.2 Å². The van der Waals surface area contributed by atoms with E-state index in [4.69, 9.17) is 14.7 Å². The highest BCUT2D eigenvalue weighted by atomic mass is 79.9. The van der Waals surface area contributed by atoms with E-state index in [-0.39, 0.29) is 19.1 Å². The van der Waals surface area contributed by atoms with Crippen molar-refractivity contribution in [1.29, 1.82) is 0 Å². The van der Waals surface area contributed by atoms with Gasteiger partial charge in [0.05, 0.1) is 0 Å². The molecule has 0 radical (unpaired) electrons. The maximum absolute atomic E-state index is 11.7. The van der Waals surface area contributed by atoms with Crippen LogP contribution in [-0.2, 0) is 21.0 Å². The van der Waals surface area contributed by atoms with Gasteiger partial charge in [-0.2, -0.15) is 0 Å². The number of amides is 1. The largest absolute Gasteiger partial charge is 0.480 e. The first-order valence-electron chi connectivity index (χ1n) is 6.63. The summed E-state index contributed by atoms with van der Waals surface area (Å²) in [6.07, 6.45) is -0.585. The lowest BCUT2D eigenvalue weighted by Crippen LogP contribution is -2.43. The van der Waals surface area contributed by atoms with Crippen molar-refractivity contribution >= 4 is 32.6 Å². The zero-order chi connectivity index (χ0) is 15.9. The molecule has 1 heterocycles.